The molecule has 0 saturated heterocycles. The molecule has 0 heterocycles. The molecular formula is C21H38N4O2S. The molecule has 1 rings (SSSR count). The Morgan fingerprint density at radius 1 is 1.07 bits per heavy atom. The van der Waals surface area contributed by atoms with Crippen LogP contribution in [-0.2, 0) is 16.4 Å². The number of hydrogen-bond acceptors (Lipinski definition) is 4. The van der Waals surface area contributed by atoms with Gasteiger partial charge in [-0.3, -0.25) is 0 Å². The maximum absolute atomic E-state index is 11.7. The highest BCUT2D eigenvalue weighted by molar-refractivity contribution is 7.90. The second-order valence-corrected chi connectivity index (χ2v) is 9.17. The van der Waals surface area contributed by atoms with Crippen LogP contribution >= 0.6 is 0 Å². The highest BCUT2D eigenvalue weighted by Gasteiger charge is 2.10. The first kappa shape index (κ1) is 24.4. The van der Waals surface area contributed by atoms with Crippen molar-refractivity contribution in [3.63, 3.8) is 0 Å². The first-order valence-corrected chi connectivity index (χ1v) is 12.2. The summed E-state index contributed by atoms with van der Waals surface area (Å²) in [7, 11) is -3.19. The third-order valence-corrected chi connectivity index (χ3v) is 5.68. The number of nitrogens with one attached hydrogen (secondary N) is 2. The number of benzene rings is 1. The fourth-order valence-corrected chi connectivity index (χ4v) is 4.17. The summed E-state index contributed by atoms with van der Waals surface area (Å²) >= 11 is 0. The van der Waals surface area contributed by atoms with Gasteiger partial charge in [0.05, 0.1) is 11.4 Å². The fraction of sp³-hybridized carbons (Fsp3) is 0.667. The Bertz CT molecular complexity index is 711. The topological polar surface area (TPSA) is 73.8 Å². The SMILES string of the molecule is CCCN(CCC)CCCNC(=NCc1ccc(S(C)(=O)=O)c(C)c1)NCC. The fourth-order valence-electron chi connectivity index (χ4n) is 3.22. The summed E-state index contributed by atoms with van der Waals surface area (Å²) in [6, 6.07) is 5.41. The number of guanidine groups is 1. The smallest absolute Gasteiger partial charge is 0.191 e. The molecule has 0 aliphatic heterocycles. The van der Waals surface area contributed by atoms with Gasteiger partial charge in [-0.05, 0) is 69.9 Å². The molecular weight excluding hydrogens is 372 g/mol. The van der Waals surface area contributed by atoms with Crippen molar-refractivity contribution in [1.82, 2.24) is 15.5 Å². The van der Waals surface area contributed by atoms with E-state index in [4.69, 9.17) is 0 Å². The number of hydrogen-bond donors (Lipinski definition) is 2. The van der Waals surface area contributed by atoms with Crippen LogP contribution in [-0.4, -0.2) is 58.3 Å². The summed E-state index contributed by atoms with van der Waals surface area (Å²) in [6.07, 6.45) is 4.69. The van der Waals surface area contributed by atoms with E-state index in [-0.39, 0.29) is 0 Å². The van der Waals surface area contributed by atoms with E-state index in [1.807, 2.05) is 26.0 Å². The lowest BCUT2D eigenvalue weighted by atomic mass is 10.1. The van der Waals surface area contributed by atoms with E-state index in [1.165, 1.54) is 19.1 Å². The molecule has 0 aromatic heterocycles. The Morgan fingerprint density at radius 2 is 1.75 bits per heavy atom. The van der Waals surface area contributed by atoms with Gasteiger partial charge >= 0.3 is 0 Å². The summed E-state index contributed by atoms with van der Waals surface area (Å²) in [5, 5.41) is 6.67. The number of aryl methyl sites for hydroxylation is 1. The van der Waals surface area contributed by atoms with Gasteiger partial charge in [0.25, 0.3) is 0 Å². The van der Waals surface area contributed by atoms with Crippen LogP contribution in [0.15, 0.2) is 28.1 Å². The molecule has 0 unspecified atom stereocenters. The highest BCUT2D eigenvalue weighted by Crippen LogP contribution is 2.17. The maximum atomic E-state index is 11.7. The molecule has 0 atom stereocenters. The molecule has 1 aromatic carbocycles. The summed E-state index contributed by atoms with van der Waals surface area (Å²) in [4.78, 5) is 7.53. The van der Waals surface area contributed by atoms with E-state index in [9.17, 15) is 8.42 Å². The van der Waals surface area contributed by atoms with E-state index in [2.05, 4.69) is 34.4 Å². The van der Waals surface area contributed by atoms with Crippen LogP contribution in [0.25, 0.3) is 0 Å². The normalized spacial score (nSPS) is 12.4. The van der Waals surface area contributed by atoms with Crippen LogP contribution < -0.4 is 10.6 Å². The average molecular weight is 411 g/mol. The lowest BCUT2D eigenvalue weighted by molar-refractivity contribution is 0.271. The van der Waals surface area contributed by atoms with Crippen molar-refractivity contribution < 1.29 is 8.42 Å². The monoisotopic (exact) mass is 410 g/mol. The van der Waals surface area contributed by atoms with Crippen LogP contribution in [0.1, 0.15) is 51.2 Å². The lowest BCUT2D eigenvalue weighted by Crippen LogP contribution is -2.39. The first-order chi connectivity index (χ1) is 13.3. The largest absolute Gasteiger partial charge is 0.357 e. The van der Waals surface area contributed by atoms with Crippen LogP contribution in [0, 0.1) is 6.92 Å². The maximum Gasteiger partial charge on any atom is 0.191 e. The first-order valence-electron chi connectivity index (χ1n) is 10.4. The molecule has 0 fully saturated rings. The van der Waals surface area contributed by atoms with Crippen molar-refractivity contribution in [2.24, 2.45) is 4.99 Å². The zero-order valence-corrected chi connectivity index (χ0v) is 19.0. The van der Waals surface area contributed by atoms with Gasteiger partial charge in [0.2, 0.25) is 0 Å². The summed E-state index contributed by atoms with van der Waals surface area (Å²) in [5.41, 5.74) is 1.76. The van der Waals surface area contributed by atoms with Gasteiger partial charge < -0.3 is 15.5 Å². The minimum atomic E-state index is -3.19. The molecule has 6 nitrogen and oxygen atoms in total. The Kier molecular flexibility index (Phi) is 11.2. The van der Waals surface area contributed by atoms with Crippen molar-refractivity contribution in [2.75, 3.05) is 39.0 Å². The van der Waals surface area contributed by atoms with Gasteiger partial charge in [-0.25, -0.2) is 13.4 Å². The van der Waals surface area contributed by atoms with Crippen molar-refractivity contribution >= 4 is 15.8 Å². The van der Waals surface area contributed by atoms with Gasteiger partial charge in [0, 0.05) is 19.3 Å². The zero-order valence-electron chi connectivity index (χ0n) is 18.2. The van der Waals surface area contributed by atoms with Crippen LogP contribution in [0.3, 0.4) is 0 Å². The molecule has 0 amide bonds. The van der Waals surface area contributed by atoms with Crippen molar-refractivity contribution in [3.05, 3.63) is 29.3 Å². The van der Waals surface area contributed by atoms with Gasteiger partial charge in [-0.2, -0.15) is 0 Å². The number of sulfone groups is 1. The molecule has 1 aromatic rings. The minimum Gasteiger partial charge on any atom is -0.357 e. The zero-order chi connectivity index (χ0) is 21.0. The Hall–Kier alpha value is -1.60. The predicted octanol–water partition coefficient (Wildman–Crippen LogP) is 2.97. The summed E-state index contributed by atoms with van der Waals surface area (Å²) in [5.74, 6) is 0.796. The van der Waals surface area contributed by atoms with Gasteiger partial charge in [0.15, 0.2) is 15.8 Å². The van der Waals surface area contributed by atoms with E-state index in [1.54, 1.807) is 6.07 Å². The third-order valence-electron chi connectivity index (χ3n) is 4.43. The molecule has 0 radical (unpaired) electrons. The third kappa shape index (κ3) is 9.06. The summed E-state index contributed by atoms with van der Waals surface area (Å²) in [6.45, 7) is 13.9. The number of rotatable bonds is 12. The van der Waals surface area contributed by atoms with Gasteiger partial charge in [-0.1, -0.05) is 26.0 Å². The van der Waals surface area contributed by atoms with Crippen molar-refractivity contribution in [2.45, 2.75) is 58.4 Å². The van der Waals surface area contributed by atoms with Gasteiger partial charge in [-0.15, -0.1) is 0 Å². The standard InChI is InChI=1S/C21H38N4O2S/c1-6-13-25(14-7-2)15-9-12-23-21(22-8-3)24-17-19-10-11-20(18(4)16-19)28(5,26)27/h10-11,16H,6-9,12-15,17H2,1-5H3,(H2,22,23,24). The number of nitrogens with zero attached hydrogens (tertiary/aromatic N) is 2. The molecule has 0 aliphatic carbocycles. The van der Waals surface area contributed by atoms with Crippen LogP contribution in [0.5, 0.6) is 0 Å². The molecule has 160 valence electrons. The Labute approximate surface area is 171 Å². The van der Waals surface area contributed by atoms with Crippen molar-refractivity contribution in [3.8, 4) is 0 Å². The molecule has 0 aliphatic rings. The summed E-state index contributed by atoms with van der Waals surface area (Å²) < 4.78 is 23.5. The molecule has 7 heteroatoms. The average Bonchev–Trinajstić information content (AvgIpc) is 2.62. The molecule has 0 spiro atoms. The van der Waals surface area contributed by atoms with Crippen LogP contribution in [0.4, 0.5) is 0 Å². The minimum absolute atomic E-state index is 0.383. The van der Waals surface area contributed by atoms with E-state index < -0.39 is 9.84 Å². The second kappa shape index (κ2) is 12.8. The second-order valence-electron chi connectivity index (χ2n) is 7.19. The van der Waals surface area contributed by atoms with E-state index in [0.717, 1.165) is 56.2 Å². The van der Waals surface area contributed by atoms with E-state index >= 15 is 0 Å². The Balaban J connectivity index is 2.61. The van der Waals surface area contributed by atoms with Crippen molar-refractivity contribution in [1.29, 1.82) is 0 Å². The number of aliphatic imine (C=N–C) groups is 1. The molecule has 28 heavy (non-hydrogen) atoms. The quantitative estimate of drug-likeness (QED) is 0.315. The highest BCUT2D eigenvalue weighted by atomic mass is 32.2. The van der Waals surface area contributed by atoms with Crippen LogP contribution in [0.2, 0.25) is 0 Å². The molecule has 0 bridgehead atoms. The molecule has 0 saturated carbocycles. The van der Waals surface area contributed by atoms with Gasteiger partial charge in [0.1, 0.15) is 0 Å². The lowest BCUT2D eigenvalue weighted by Gasteiger charge is -2.21. The molecule has 2 N–H and O–H groups in total. The Morgan fingerprint density at radius 3 is 2.29 bits per heavy atom. The van der Waals surface area contributed by atoms with E-state index in [0.29, 0.717) is 11.4 Å². The predicted molar refractivity (Wildman–Crippen MR) is 119 cm³/mol.